The fourth-order valence-corrected chi connectivity index (χ4v) is 3.12. The molecule has 1 aliphatic heterocycles. The molecule has 0 radical (unpaired) electrons. The molecule has 0 aliphatic carbocycles. The molecule has 1 atom stereocenters. The Bertz CT molecular complexity index is 498. The Morgan fingerprint density at radius 3 is 2.19 bits per heavy atom. The highest BCUT2D eigenvalue weighted by molar-refractivity contribution is 9.09. The van der Waals surface area contributed by atoms with Gasteiger partial charge in [-0.15, -0.1) is 0 Å². The molecule has 2 N–H and O–H groups in total. The first-order chi connectivity index (χ1) is 13.0. The van der Waals surface area contributed by atoms with Crippen LogP contribution in [-0.4, -0.2) is 48.1 Å². The van der Waals surface area contributed by atoms with Gasteiger partial charge >= 0.3 is 5.97 Å². The summed E-state index contributed by atoms with van der Waals surface area (Å²) < 4.78 is 4.77. The van der Waals surface area contributed by atoms with E-state index in [2.05, 4.69) is 26.6 Å². The first-order valence-corrected chi connectivity index (χ1v) is 11.0. The van der Waals surface area contributed by atoms with Gasteiger partial charge in [-0.25, -0.2) is 4.79 Å². The topological polar surface area (TPSA) is 102 Å². The van der Waals surface area contributed by atoms with Crippen molar-refractivity contribution >= 4 is 39.5 Å². The number of ether oxygens (including phenoxy) is 1. The number of cyclic esters (lactones) is 1. The number of ketones is 1. The van der Waals surface area contributed by atoms with Crippen LogP contribution >= 0.6 is 15.9 Å². The third kappa shape index (κ3) is 11.8. The molecule has 8 heteroatoms. The highest BCUT2D eigenvalue weighted by Crippen LogP contribution is 2.11. The van der Waals surface area contributed by atoms with Crippen LogP contribution in [0.2, 0.25) is 0 Å². The number of hydrogen-bond acceptors (Lipinski definition) is 5. The number of Topliss-reactive ketones (excluding diaryl/α,β-unsaturated/α-hetero) is 1. The second-order valence-electron chi connectivity index (χ2n) is 6.85. The van der Waals surface area contributed by atoms with Crippen molar-refractivity contribution in [2.24, 2.45) is 0 Å². The smallest absolute Gasteiger partial charge is 0.328 e. The van der Waals surface area contributed by atoms with Crippen LogP contribution in [0.5, 0.6) is 0 Å². The second kappa shape index (κ2) is 14.6. The Balaban J connectivity index is 1.88. The van der Waals surface area contributed by atoms with Crippen LogP contribution in [0.25, 0.3) is 0 Å². The van der Waals surface area contributed by atoms with Crippen molar-refractivity contribution in [1.29, 1.82) is 0 Å². The van der Waals surface area contributed by atoms with Crippen molar-refractivity contribution in [3.8, 4) is 0 Å². The molecule has 0 spiro atoms. The molecule has 1 aliphatic rings. The van der Waals surface area contributed by atoms with Crippen LogP contribution in [0.4, 0.5) is 0 Å². The number of rotatable bonds is 15. The number of alkyl halides is 1. The summed E-state index contributed by atoms with van der Waals surface area (Å²) in [7, 11) is 0. The minimum Gasteiger partial charge on any atom is -0.464 e. The molecule has 0 aromatic rings. The van der Waals surface area contributed by atoms with E-state index in [9.17, 15) is 19.2 Å². The number of carbonyl (C=O) groups is 4. The predicted octanol–water partition coefficient (Wildman–Crippen LogP) is 2.40. The summed E-state index contributed by atoms with van der Waals surface area (Å²) in [5, 5.41) is 5.73. The second-order valence-corrected chi connectivity index (χ2v) is 7.41. The summed E-state index contributed by atoms with van der Waals surface area (Å²) in [6.45, 7) is 1.06. The highest BCUT2D eigenvalue weighted by atomic mass is 79.9. The van der Waals surface area contributed by atoms with Gasteiger partial charge in [-0.1, -0.05) is 54.5 Å². The SMILES string of the molecule is O=C(CCCCCCCCCCNC(=O)CBr)CC(=O)N[C@H]1CCOC1=O. The molecule has 0 aromatic carbocycles. The lowest BCUT2D eigenvalue weighted by molar-refractivity contribution is -0.142. The first-order valence-electron chi connectivity index (χ1n) is 9.83. The quantitative estimate of drug-likeness (QED) is 0.174. The van der Waals surface area contributed by atoms with Crippen molar-refractivity contribution in [3.05, 3.63) is 0 Å². The Labute approximate surface area is 169 Å². The zero-order valence-electron chi connectivity index (χ0n) is 15.9. The molecule has 1 fully saturated rings. The number of unbranched alkanes of at least 4 members (excludes halogenated alkanes) is 7. The average molecular weight is 447 g/mol. The maximum atomic E-state index is 11.8. The van der Waals surface area contributed by atoms with Gasteiger partial charge in [0.25, 0.3) is 0 Å². The lowest BCUT2D eigenvalue weighted by atomic mass is 10.0. The zero-order valence-corrected chi connectivity index (χ0v) is 17.5. The maximum Gasteiger partial charge on any atom is 0.328 e. The Kier molecular flexibility index (Phi) is 12.8. The van der Waals surface area contributed by atoms with Gasteiger partial charge in [-0.05, 0) is 12.8 Å². The lowest BCUT2D eigenvalue weighted by Gasteiger charge is -2.08. The fourth-order valence-electron chi connectivity index (χ4n) is 2.92. The number of halogens is 1. The van der Waals surface area contributed by atoms with Gasteiger partial charge in [0.2, 0.25) is 11.8 Å². The average Bonchev–Trinajstić information content (AvgIpc) is 3.03. The van der Waals surface area contributed by atoms with E-state index in [0.717, 1.165) is 51.5 Å². The highest BCUT2D eigenvalue weighted by Gasteiger charge is 2.28. The molecule has 7 nitrogen and oxygen atoms in total. The molecule has 0 aromatic heterocycles. The predicted molar refractivity (Wildman–Crippen MR) is 105 cm³/mol. The monoisotopic (exact) mass is 446 g/mol. The van der Waals surface area contributed by atoms with Crippen molar-refractivity contribution in [2.75, 3.05) is 18.5 Å². The third-order valence-electron chi connectivity index (χ3n) is 4.45. The molecule has 0 saturated carbocycles. The molecular formula is C19H31BrN2O5. The van der Waals surface area contributed by atoms with Crippen LogP contribution in [0.1, 0.15) is 70.6 Å². The van der Waals surface area contributed by atoms with E-state index in [1.807, 2.05) is 0 Å². The van der Waals surface area contributed by atoms with Crippen LogP contribution in [0, 0.1) is 0 Å². The van der Waals surface area contributed by atoms with E-state index >= 15 is 0 Å². The standard InChI is InChI=1S/C19H31BrN2O5/c20-14-18(25)21-11-8-6-4-2-1-3-5-7-9-15(23)13-17(24)22-16-10-12-27-19(16)26/h16H,1-14H2,(H,21,25)(H,22,24)/t16-/m0/s1. The van der Waals surface area contributed by atoms with Gasteiger partial charge in [-0.3, -0.25) is 14.4 Å². The van der Waals surface area contributed by atoms with Crippen LogP contribution in [0.3, 0.4) is 0 Å². The third-order valence-corrected chi connectivity index (χ3v) is 4.96. The van der Waals surface area contributed by atoms with E-state index < -0.39 is 17.9 Å². The molecule has 154 valence electrons. The van der Waals surface area contributed by atoms with Crippen molar-refractivity contribution < 1.29 is 23.9 Å². The van der Waals surface area contributed by atoms with E-state index in [1.54, 1.807) is 0 Å². The van der Waals surface area contributed by atoms with Gasteiger partial charge < -0.3 is 15.4 Å². The first kappa shape index (κ1) is 23.6. The van der Waals surface area contributed by atoms with Gasteiger partial charge in [0.15, 0.2) is 0 Å². The van der Waals surface area contributed by atoms with Gasteiger partial charge in [0.05, 0.1) is 18.4 Å². The van der Waals surface area contributed by atoms with Gasteiger partial charge in [0.1, 0.15) is 11.8 Å². The maximum absolute atomic E-state index is 11.8. The van der Waals surface area contributed by atoms with Crippen molar-refractivity contribution in [2.45, 2.75) is 76.7 Å². The van der Waals surface area contributed by atoms with Gasteiger partial charge in [-0.2, -0.15) is 0 Å². The molecule has 0 unspecified atom stereocenters. The number of esters is 1. The molecule has 1 rings (SSSR count). The zero-order chi connectivity index (χ0) is 19.9. The summed E-state index contributed by atoms with van der Waals surface area (Å²) in [5.41, 5.74) is 0. The van der Waals surface area contributed by atoms with Crippen LogP contribution < -0.4 is 10.6 Å². The summed E-state index contributed by atoms with van der Waals surface area (Å²) in [4.78, 5) is 45.8. The Morgan fingerprint density at radius 2 is 1.59 bits per heavy atom. The molecule has 27 heavy (non-hydrogen) atoms. The Hall–Kier alpha value is -1.44. The molecular weight excluding hydrogens is 416 g/mol. The summed E-state index contributed by atoms with van der Waals surface area (Å²) >= 11 is 3.11. The number of amides is 2. The van der Waals surface area contributed by atoms with Crippen molar-refractivity contribution in [1.82, 2.24) is 10.6 Å². The van der Waals surface area contributed by atoms with Gasteiger partial charge in [0, 0.05) is 19.4 Å². The fraction of sp³-hybridized carbons (Fsp3) is 0.789. The van der Waals surface area contributed by atoms with E-state index in [-0.39, 0.29) is 18.1 Å². The summed E-state index contributed by atoms with van der Waals surface area (Å²) in [6.07, 6.45) is 9.21. The lowest BCUT2D eigenvalue weighted by Crippen LogP contribution is -2.38. The Morgan fingerprint density at radius 1 is 0.963 bits per heavy atom. The number of carbonyl (C=O) groups excluding carboxylic acids is 4. The minimum absolute atomic E-state index is 0.0306. The van der Waals surface area contributed by atoms with E-state index in [0.29, 0.717) is 24.8 Å². The van der Waals surface area contributed by atoms with Crippen LogP contribution in [-0.2, 0) is 23.9 Å². The van der Waals surface area contributed by atoms with E-state index in [1.165, 1.54) is 6.42 Å². The normalized spacial score (nSPS) is 16.0. The molecule has 1 saturated heterocycles. The molecule has 0 bridgehead atoms. The van der Waals surface area contributed by atoms with E-state index in [4.69, 9.17) is 4.74 Å². The summed E-state index contributed by atoms with van der Waals surface area (Å²) in [6, 6.07) is -0.592. The minimum atomic E-state index is -0.592. The number of nitrogens with one attached hydrogen (secondary N) is 2. The van der Waals surface area contributed by atoms with Crippen LogP contribution in [0.15, 0.2) is 0 Å². The molecule has 1 heterocycles. The number of hydrogen-bond donors (Lipinski definition) is 2. The molecule has 2 amide bonds. The largest absolute Gasteiger partial charge is 0.464 e. The summed E-state index contributed by atoms with van der Waals surface area (Å²) in [5.74, 6) is -0.858. The van der Waals surface area contributed by atoms with Crippen molar-refractivity contribution in [3.63, 3.8) is 0 Å².